The summed E-state index contributed by atoms with van der Waals surface area (Å²) in [6.07, 6.45) is 5.84. The monoisotopic (exact) mass is 434 g/mol. The molecule has 4 rings (SSSR count). The number of unbranched alkanes of at least 4 members (excludes halogenated alkanes) is 4. The van der Waals surface area contributed by atoms with E-state index in [4.69, 9.17) is 0 Å². The number of nitrogens with zero attached hydrogens (tertiary/aromatic N) is 2. The molecule has 1 aromatic heterocycles. The summed E-state index contributed by atoms with van der Waals surface area (Å²) in [7, 11) is 0. The molecule has 0 bridgehead atoms. The third kappa shape index (κ3) is 5.35. The standard InChI is InChI=1S/C28H30N2O.Na.H/c1-2-3-4-5-15-22-29-26(23-16-9-6-10-17-23)27(24-18-11-7-12-19-24)30(28(29)31)25-20-13-8-14-21-25;;/h6-14,16-21H,2-5,15,22H2,1H3;;. The van der Waals surface area contributed by atoms with E-state index in [2.05, 4.69) is 31.2 Å². The van der Waals surface area contributed by atoms with Crippen molar-refractivity contribution < 1.29 is 0 Å². The second-order valence-corrected chi connectivity index (χ2v) is 7.95. The van der Waals surface area contributed by atoms with Gasteiger partial charge in [0, 0.05) is 17.7 Å². The molecule has 3 nitrogen and oxygen atoms in total. The molecule has 0 unspecified atom stereocenters. The Morgan fingerprint density at radius 3 is 1.69 bits per heavy atom. The van der Waals surface area contributed by atoms with Crippen LogP contribution in [0.2, 0.25) is 0 Å². The fraction of sp³-hybridized carbons (Fsp3) is 0.250. The van der Waals surface area contributed by atoms with Crippen LogP contribution < -0.4 is 5.69 Å². The zero-order valence-electron chi connectivity index (χ0n) is 18.2. The first-order valence-corrected chi connectivity index (χ1v) is 11.3. The molecule has 0 atom stereocenters. The summed E-state index contributed by atoms with van der Waals surface area (Å²) in [5.41, 5.74) is 4.99. The molecule has 0 aliphatic carbocycles. The van der Waals surface area contributed by atoms with Crippen molar-refractivity contribution in [3.05, 3.63) is 101 Å². The van der Waals surface area contributed by atoms with Gasteiger partial charge in [0.1, 0.15) is 0 Å². The minimum atomic E-state index is 0. The first-order chi connectivity index (χ1) is 15.3. The number of rotatable bonds is 9. The van der Waals surface area contributed by atoms with Crippen molar-refractivity contribution in [1.82, 2.24) is 9.13 Å². The molecule has 0 saturated carbocycles. The minimum absolute atomic E-state index is 0. The van der Waals surface area contributed by atoms with Crippen LogP contribution in [-0.4, -0.2) is 38.7 Å². The number of benzene rings is 3. The van der Waals surface area contributed by atoms with E-state index in [0.717, 1.165) is 47.6 Å². The molecule has 4 heteroatoms. The fourth-order valence-corrected chi connectivity index (χ4v) is 4.19. The summed E-state index contributed by atoms with van der Waals surface area (Å²) >= 11 is 0. The van der Waals surface area contributed by atoms with Gasteiger partial charge in [-0.1, -0.05) is 111 Å². The van der Waals surface area contributed by atoms with Crippen LogP contribution in [0.5, 0.6) is 0 Å². The van der Waals surface area contributed by atoms with E-state index in [1.165, 1.54) is 19.3 Å². The van der Waals surface area contributed by atoms with Gasteiger partial charge in [0.15, 0.2) is 0 Å². The third-order valence-electron chi connectivity index (χ3n) is 5.73. The Bertz CT molecular complexity index is 1150. The Morgan fingerprint density at radius 2 is 1.12 bits per heavy atom. The summed E-state index contributed by atoms with van der Waals surface area (Å²) in [6.45, 7) is 2.95. The molecule has 4 aromatic rings. The van der Waals surface area contributed by atoms with Crippen LogP contribution in [-0.2, 0) is 6.54 Å². The van der Waals surface area contributed by atoms with E-state index < -0.39 is 0 Å². The van der Waals surface area contributed by atoms with Gasteiger partial charge in [0.05, 0.1) is 17.1 Å². The average molecular weight is 435 g/mol. The normalized spacial score (nSPS) is 10.7. The number of para-hydroxylation sites is 1. The molecule has 32 heavy (non-hydrogen) atoms. The number of hydrogen-bond acceptors (Lipinski definition) is 1. The topological polar surface area (TPSA) is 26.9 Å². The van der Waals surface area contributed by atoms with Gasteiger partial charge >= 0.3 is 35.2 Å². The van der Waals surface area contributed by atoms with E-state index in [1.54, 1.807) is 0 Å². The second-order valence-electron chi connectivity index (χ2n) is 7.95. The van der Waals surface area contributed by atoms with Crippen LogP contribution >= 0.6 is 0 Å². The SMILES string of the molecule is CCCCCCCn1c(-c2ccccc2)c(-c2ccccc2)n(-c2ccccc2)c1=O.[NaH]. The molecule has 0 aliphatic heterocycles. The van der Waals surface area contributed by atoms with Gasteiger partial charge in [0.25, 0.3) is 0 Å². The molecule has 160 valence electrons. The molecular weight excluding hydrogens is 403 g/mol. The predicted octanol–water partition coefficient (Wildman–Crippen LogP) is 6.29. The zero-order valence-corrected chi connectivity index (χ0v) is 18.2. The molecule has 0 N–H and O–H groups in total. The van der Waals surface area contributed by atoms with E-state index in [0.29, 0.717) is 0 Å². The first kappa shape index (κ1) is 24.3. The molecule has 3 aromatic carbocycles. The Kier molecular flexibility index (Phi) is 9.16. The van der Waals surface area contributed by atoms with E-state index in [1.807, 2.05) is 75.9 Å². The Labute approximate surface area is 213 Å². The summed E-state index contributed by atoms with van der Waals surface area (Å²) in [5, 5.41) is 0. The van der Waals surface area contributed by atoms with Crippen LogP contribution in [0.3, 0.4) is 0 Å². The average Bonchev–Trinajstić information content (AvgIpc) is 3.12. The van der Waals surface area contributed by atoms with Crippen molar-refractivity contribution in [3.8, 4) is 28.2 Å². The van der Waals surface area contributed by atoms with Gasteiger partial charge in [-0.2, -0.15) is 0 Å². The number of aromatic nitrogens is 2. The summed E-state index contributed by atoms with van der Waals surface area (Å²) in [6, 6.07) is 30.5. The number of imidazole rings is 1. The molecule has 0 saturated heterocycles. The first-order valence-electron chi connectivity index (χ1n) is 11.3. The molecule has 0 amide bonds. The van der Waals surface area contributed by atoms with Crippen LogP contribution in [0.15, 0.2) is 95.8 Å². The zero-order chi connectivity index (χ0) is 21.5. The van der Waals surface area contributed by atoms with Crippen molar-refractivity contribution in [2.75, 3.05) is 0 Å². The molecule has 0 fully saturated rings. The quantitative estimate of drug-likeness (QED) is 0.224. The Hall–Kier alpha value is -2.33. The van der Waals surface area contributed by atoms with Gasteiger partial charge in [-0.3, -0.25) is 9.13 Å². The van der Waals surface area contributed by atoms with Gasteiger partial charge in [-0.25, -0.2) is 4.79 Å². The van der Waals surface area contributed by atoms with Crippen molar-refractivity contribution >= 4 is 29.6 Å². The summed E-state index contributed by atoms with van der Waals surface area (Å²) in [5.74, 6) is 0. The van der Waals surface area contributed by atoms with Crippen molar-refractivity contribution in [2.24, 2.45) is 0 Å². The molecular formula is C28H31N2NaO. The van der Waals surface area contributed by atoms with Gasteiger partial charge in [0.2, 0.25) is 0 Å². The maximum absolute atomic E-state index is 13.8. The fourth-order valence-electron chi connectivity index (χ4n) is 4.19. The van der Waals surface area contributed by atoms with Crippen LogP contribution in [0.25, 0.3) is 28.2 Å². The Morgan fingerprint density at radius 1 is 0.625 bits per heavy atom. The molecule has 0 radical (unpaired) electrons. The molecule has 0 spiro atoms. The second kappa shape index (κ2) is 12.1. The van der Waals surface area contributed by atoms with Crippen LogP contribution in [0.4, 0.5) is 0 Å². The van der Waals surface area contributed by atoms with Gasteiger partial charge in [-0.15, -0.1) is 0 Å². The van der Waals surface area contributed by atoms with E-state index in [-0.39, 0.29) is 35.2 Å². The van der Waals surface area contributed by atoms with Gasteiger partial charge < -0.3 is 0 Å². The maximum atomic E-state index is 13.8. The predicted molar refractivity (Wildman–Crippen MR) is 137 cm³/mol. The van der Waals surface area contributed by atoms with Gasteiger partial charge in [-0.05, 0) is 18.6 Å². The summed E-state index contributed by atoms with van der Waals surface area (Å²) in [4.78, 5) is 13.8. The molecule has 1 heterocycles. The summed E-state index contributed by atoms with van der Waals surface area (Å²) < 4.78 is 3.86. The molecule has 0 aliphatic rings. The van der Waals surface area contributed by atoms with Crippen LogP contribution in [0, 0.1) is 0 Å². The van der Waals surface area contributed by atoms with Crippen molar-refractivity contribution in [2.45, 2.75) is 45.6 Å². The van der Waals surface area contributed by atoms with Crippen molar-refractivity contribution in [3.63, 3.8) is 0 Å². The number of hydrogen-bond donors (Lipinski definition) is 0. The Balaban J connectivity index is 0.00000289. The third-order valence-corrected chi connectivity index (χ3v) is 5.73. The van der Waals surface area contributed by atoms with Crippen LogP contribution in [0.1, 0.15) is 39.0 Å². The van der Waals surface area contributed by atoms with E-state index >= 15 is 0 Å². The van der Waals surface area contributed by atoms with E-state index in [9.17, 15) is 4.79 Å². The van der Waals surface area contributed by atoms with Crippen molar-refractivity contribution in [1.29, 1.82) is 0 Å².